The molecule has 9 heteroatoms. The number of aromatic nitrogens is 7. The van der Waals surface area contributed by atoms with Gasteiger partial charge in [0.15, 0.2) is 5.65 Å². The fraction of sp³-hybridized carbons (Fsp3) is 0.364. The van der Waals surface area contributed by atoms with Gasteiger partial charge < -0.3 is 5.73 Å². The Labute approximate surface area is 113 Å². The van der Waals surface area contributed by atoms with Crippen LogP contribution in [0.2, 0.25) is 0 Å². The summed E-state index contributed by atoms with van der Waals surface area (Å²) >= 11 is 0. The van der Waals surface area contributed by atoms with Crippen LogP contribution >= 0.6 is 0 Å². The molecule has 0 saturated carbocycles. The van der Waals surface area contributed by atoms with Crippen LogP contribution in [0.1, 0.15) is 6.42 Å². The van der Waals surface area contributed by atoms with Crippen LogP contribution in [-0.2, 0) is 20.1 Å². The maximum absolute atomic E-state index is 12.2. The zero-order valence-corrected chi connectivity index (χ0v) is 11.0. The first-order valence-electron chi connectivity index (χ1n) is 6.19. The highest BCUT2D eigenvalue weighted by atomic mass is 16.1. The van der Waals surface area contributed by atoms with Crippen LogP contribution in [0.4, 0.5) is 5.82 Å². The molecule has 3 heterocycles. The van der Waals surface area contributed by atoms with E-state index in [1.165, 1.54) is 15.6 Å². The molecule has 0 atom stereocenters. The van der Waals surface area contributed by atoms with E-state index in [4.69, 9.17) is 5.73 Å². The van der Waals surface area contributed by atoms with Crippen molar-refractivity contribution in [3.8, 4) is 0 Å². The van der Waals surface area contributed by atoms with Gasteiger partial charge in [-0.25, -0.2) is 9.36 Å². The predicted octanol–water partition coefficient (Wildman–Crippen LogP) is -0.606. The van der Waals surface area contributed by atoms with E-state index in [9.17, 15) is 4.79 Å². The lowest BCUT2D eigenvalue weighted by molar-refractivity contribution is 0.473. The van der Waals surface area contributed by atoms with Crippen molar-refractivity contribution in [3.63, 3.8) is 0 Å². The van der Waals surface area contributed by atoms with Gasteiger partial charge in [-0.2, -0.15) is 10.2 Å². The fourth-order valence-electron chi connectivity index (χ4n) is 2.01. The summed E-state index contributed by atoms with van der Waals surface area (Å²) in [6.07, 6.45) is 4.02. The monoisotopic (exact) mass is 274 g/mol. The summed E-state index contributed by atoms with van der Waals surface area (Å²) < 4.78 is 4.61. The lowest BCUT2D eigenvalue weighted by Gasteiger charge is -2.04. The SMILES string of the molecule is Cn1ncc2c(=O)n(CCCn3ccc(N)n3)nnc21. The quantitative estimate of drug-likeness (QED) is 0.680. The van der Waals surface area contributed by atoms with Crippen LogP contribution < -0.4 is 11.3 Å². The first-order chi connectivity index (χ1) is 9.65. The third kappa shape index (κ3) is 2.13. The van der Waals surface area contributed by atoms with Gasteiger partial charge in [-0.15, -0.1) is 5.10 Å². The molecule has 0 bridgehead atoms. The second-order valence-corrected chi connectivity index (χ2v) is 4.48. The Morgan fingerprint density at radius 3 is 2.95 bits per heavy atom. The van der Waals surface area contributed by atoms with E-state index in [1.54, 1.807) is 24.0 Å². The number of rotatable bonds is 4. The molecule has 9 nitrogen and oxygen atoms in total. The van der Waals surface area contributed by atoms with E-state index in [-0.39, 0.29) is 5.56 Å². The van der Waals surface area contributed by atoms with Crippen molar-refractivity contribution in [1.29, 1.82) is 0 Å². The summed E-state index contributed by atoms with van der Waals surface area (Å²) in [5.41, 5.74) is 5.85. The summed E-state index contributed by atoms with van der Waals surface area (Å²) in [6.45, 7) is 1.13. The standard InChI is InChI=1S/C11H14N8O/c1-17-10-8(7-13-17)11(20)19(16-14-10)5-2-4-18-6-3-9(12)15-18/h3,6-7H,2,4-5H2,1H3,(H2,12,15). The highest BCUT2D eigenvalue weighted by Crippen LogP contribution is 2.02. The first kappa shape index (κ1) is 12.3. The third-order valence-electron chi connectivity index (χ3n) is 3.04. The smallest absolute Gasteiger partial charge is 0.280 e. The van der Waals surface area contributed by atoms with Crippen LogP contribution in [-0.4, -0.2) is 34.6 Å². The Hall–Kier alpha value is -2.71. The minimum atomic E-state index is -0.178. The summed E-state index contributed by atoms with van der Waals surface area (Å²) in [4.78, 5) is 12.2. The van der Waals surface area contributed by atoms with Gasteiger partial charge in [0.1, 0.15) is 11.2 Å². The molecule has 0 aliphatic heterocycles. The molecule has 0 aliphatic rings. The number of aryl methyl sites for hydroxylation is 3. The predicted molar refractivity (Wildman–Crippen MR) is 71.8 cm³/mol. The average molecular weight is 274 g/mol. The molecule has 0 fully saturated rings. The average Bonchev–Trinajstić information content (AvgIpc) is 3.00. The molecule has 0 amide bonds. The minimum Gasteiger partial charge on any atom is -0.382 e. The molecule has 0 spiro atoms. The maximum Gasteiger partial charge on any atom is 0.280 e. The van der Waals surface area contributed by atoms with E-state index in [2.05, 4.69) is 20.5 Å². The van der Waals surface area contributed by atoms with Gasteiger partial charge >= 0.3 is 0 Å². The van der Waals surface area contributed by atoms with E-state index in [0.29, 0.717) is 36.4 Å². The molecule has 0 aliphatic carbocycles. The Morgan fingerprint density at radius 1 is 1.35 bits per heavy atom. The molecule has 3 rings (SSSR count). The highest BCUT2D eigenvalue weighted by Gasteiger charge is 2.09. The Morgan fingerprint density at radius 2 is 2.20 bits per heavy atom. The summed E-state index contributed by atoms with van der Waals surface area (Å²) in [5.74, 6) is 0.485. The van der Waals surface area contributed by atoms with Gasteiger partial charge in [0.2, 0.25) is 0 Å². The second-order valence-electron chi connectivity index (χ2n) is 4.48. The van der Waals surface area contributed by atoms with Crippen molar-refractivity contribution in [3.05, 3.63) is 28.8 Å². The largest absolute Gasteiger partial charge is 0.382 e. The molecule has 0 saturated heterocycles. The minimum absolute atomic E-state index is 0.178. The topological polar surface area (TPSA) is 109 Å². The molecule has 0 unspecified atom stereocenters. The van der Waals surface area contributed by atoms with E-state index < -0.39 is 0 Å². The van der Waals surface area contributed by atoms with E-state index >= 15 is 0 Å². The van der Waals surface area contributed by atoms with Crippen molar-refractivity contribution in [2.75, 3.05) is 5.73 Å². The van der Waals surface area contributed by atoms with Crippen molar-refractivity contribution in [1.82, 2.24) is 34.6 Å². The van der Waals surface area contributed by atoms with Crippen molar-refractivity contribution in [2.24, 2.45) is 7.05 Å². The number of nitrogen functional groups attached to an aromatic ring is 1. The number of hydrogen-bond donors (Lipinski definition) is 1. The van der Waals surface area contributed by atoms with Crippen molar-refractivity contribution >= 4 is 16.9 Å². The zero-order valence-electron chi connectivity index (χ0n) is 11.0. The van der Waals surface area contributed by atoms with Gasteiger partial charge in [-0.3, -0.25) is 9.48 Å². The summed E-state index contributed by atoms with van der Waals surface area (Å²) in [5, 5.41) is 16.5. The van der Waals surface area contributed by atoms with Crippen LogP contribution in [0.25, 0.3) is 11.0 Å². The third-order valence-corrected chi connectivity index (χ3v) is 3.04. The molecule has 3 aromatic rings. The van der Waals surface area contributed by atoms with Gasteiger partial charge in [0.05, 0.1) is 6.20 Å². The number of nitrogens with two attached hydrogens (primary N) is 1. The number of fused-ring (bicyclic) bond motifs is 1. The highest BCUT2D eigenvalue weighted by molar-refractivity contribution is 5.72. The zero-order chi connectivity index (χ0) is 14.1. The van der Waals surface area contributed by atoms with Crippen LogP contribution in [0.3, 0.4) is 0 Å². The lowest BCUT2D eigenvalue weighted by Crippen LogP contribution is -2.25. The summed E-state index contributed by atoms with van der Waals surface area (Å²) in [6, 6.07) is 1.73. The van der Waals surface area contributed by atoms with Crippen LogP contribution in [0.5, 0.6) is 0 Å². The molecule has 104 valence electrons. The van der Waals surface area contributed by atoms with Gasteiger partial charge in [-0.05, 0) is 12.5 Å². The van der Waals surface area contributed by atoms with Gasteiger partial charge in [0.25, 0.3) is 5.56 Å². The van der Waals surface area contributed by atoms with E-state index in [0.717, 1.165) is 0 Å². The molecular formula is C11H14N8O. The van der Waals surface area contributed by atoms with Crippen molar-refractivity contribution in [2.45, 2.75) is 19.5 Å². The van der Waals surface area contributed by atoms with Crippen LogP contribution in [0, 0.1) is 0 Å². The molecule has 0 aromatic carbocycles. The Balaban J connectivity index is 1.74. The molecule has 3 aromatic heterocycles. The molecule has 20 heavy (non-hydrogen) atoms. The number of anilines is 1. The first-order valence-corrected chi connectivity index (χ1v) is 6.19. The normalized spacial score (nSPS) is 11.2. The van der Waals surface area contributed by atoms with Crippen LogP contribution in [0.15, 0.2) is 23.3 Å². The maximum atomic E-state index is 12.2. The second kappa shape index (κ2) is 4.76. The number of hydrogen-bond acceptors (Lipinski definition) is 6. The fourth-order valence-corrected chi connectivity index (χ4v) is 2.01. The van der Waals surface area contributed by atoms with Gasteiger partial charge in [-0.1, -0.05) is 5.21 Å². The number of nitrogens with zero attached hydrogens (tertiary/aromatic N) is 7. The molecule has 0 radical (unpaired) electrons. The molecular weight excluding hydrogens is 260 g/mol. The lowest BCUT2D eigenvalue weighted by atomic mass is 10.4. The van der Waals surface area contributed by atoms with Crippen molar-refractivity contribution < 1.29 is 0 Å². The van der Waals surface area contributed by atoms with Gasteiger partial charge in [0, 0.05) is 26.3 Å². The Kier molecular flexibility index (Phi) is 2.93. The Bertz CT molecular complexity index is 798. The summed E-state index contributed by atoms with van der Waals surface area (Å²) in [7, 11) is 1.73. The molecule has 2 N–H and O–H groups in total. The van der Waals surface area contributed by atoms with E-state index in [1.807, 2.05) is 0 Å².